The van der Waals surface area contributed by atoms with E-state index in [4.69, 9.17) is 4.42 Å². The number of aliphatic hydroxyl groups excluding tert-OH is 1. The van der Waals surface area contributed by atoms with Gasteiger partial charge < -0.3 is 14.4 Å². The highest BCUT2D eigenvalue weighted by Gasteiger charge is 2.44. The summed E-state index contributed by atoms with van der Waals surface area (Å²) in [5, 5.41) is 10.8. The van der Waals surface area contributed by atoms with Crippen LogP contribution in [0.25, 0.3) is 0 Å². The van der Waals surface area contributed by atoms with Gasteiger partial charge in [-0.3, -0.25) is 9.59 Å². The van der Waals surface area contributed by atoms with E-state index in [1.165, 1.54) is 0 Å². The first kappa shape index (κ1) is 21.6. The highest BCUT2D eigenvalue weighted by atomic mass is 16.3. The van der Waals surface area contributed by atoms with Crippen molar-refractivity contribution in [2.75, 3.05) is 6.54 Å². The molecule has 1 aromatic heterocycles. The number of nitrogens with zero attached hydrogens (tertiary/aromatic N) is 1. The van der Waals surface area contributed by atoms with Gasteiger partial charge in [0.1, 0.15) is 5.76 Å². The number of carbonyl (C=O) groups excluding carboxylic acids is 2. The van der Waals surface area contributed by atoms with E-state index < -0.39 is 23.5 Å². The van der Waals surface area contributed by atoms with E-state index in [1.54, 1.807) is 24.0 Å². The predicted molar refractivity (Wildman–Crippen MR) is 123 cm³/mol. The minimum absolute atomic E-state index is 0.0645. The Balaban J connectivity index is 1.72. The van der Waals surface area contributed by atoms with Crippen LogP contribution in [0.4, 0.5) is 0 Å². The molecule has 0 bridgehead atoms. The zero-order valence-electron chi connectivity index (χ0n) is 18.5. The molecule has 164 valence electrons. The Hall–Kier alpha value is -3.60. The number of hydrogen-bond acceptors (Lipinski definition) is 4. The SMILES string of the molecule is Cc1ccc(C(=O)C2=C(O)C(=O)N(CCc3ccccc3)C2c2ccc(C(C)C)cc2)o1. The lowest BCUT2D eigenvalue weighted by Crippen LogP contribution is -2.33. The van der Waals surface area contributed by atoms with Gasteiger partial charge in [0, 0.05) is 6.54 Å². The molecule has 3 aromatic rings. The first-order valence-electron chi connectivity index (χ1n) is 10.9. The number of aliphatic hydroxyl groups is 1. The quantitative estimate of drug-likeness (QED) is 0.501. The van der Waals surface area contributed by atoms with Crippen LogP contribution in [0.3, 0.4) is 0 Å². The third-order valence-corrected chi connectivity index (χ3v) is 5.92. The summed E-state index contributed by atoms with van der Waals surface area (Å²) in [5.74, 6) is -0.439. The normalized spacial score (nSPS) is 16.3. The highest BCUT2D eigenvalue weighted by molar-refractivity contribution is 6.15. The minimum atomic E-state index is -0.676. The largest absolute Gasteiger partial charge is 0.503 e. The molecule has 0 radical (unpaired) electrons. The summed E-state index contributed by atoms with van der Waals surface area (Å²) in [5.41, 5.74) is 3.09. The van der Waals surface area contributed by atoms with Gasteiger partial charge in [-0.1, -0.05) is 68.4 Å². The monoisotopic (exact) mass is 429 g/mol. The number of furan rings is 1. The topological polar surface area (TPSA) is 70.8 Å². The molecular formula is C27H27NO4. The second-order valence-electron chi connectivity index (χ2n) is 8.46. The van der Waals surface area contributed by atoms with Crippen molar-refractivity contribution in [2.24, 2.45) is 0 Å². The number of carbonyl (C=O) groups is 2. The van der Waals surface area contributed by atoms with E-state index in [9.17, 15) is 14.7 Å². The lowest BCUT2D eigenvalue weighted by Gasteiger charge is -2.27. The van der Waals surface area contributed by atoms with Gasteiger partial charge in [-0.15, -0.1) is 0 Å². The molecule has 0 saturated carbocycles. The van der Waals surface area contributed by atoms with E-state index in [2.05, 4.69) is 13.8 Å². The molecule has 1 aliphatic rings. The Kier molecular flexibility index (Phi) is 5.99. The van der Waals surface area contributed by atoms with Crippen LogP contribution in [0.15, 0.2) is 82.5 Å². The molecule has 32 heavy (non-hydrogen) atoms. The number of benzene rings is 2. The summed E-state index contributed by atoms with van der Waals surface area (Å²) in [6.45, 7) is 6.34. The molecule has 0 fully saturated rings. The van der Waals surface area contributed by atoms with Gasteiger partial charge in [-0.05, 0) is 48.1 Å². The molecule has 1 aliphatic heterocycles. The second kappa shape index (κ2) is 8.87. The lowest BCUT2D eigenvalue weighted by atomic mass is 9.93. The van der Waals surface area contributed by atoms with Crippen LogP contribution in [0.5, 0.6) is 0 Å². The molecule has 0 saturated heterocycles. The summed E-state index contributed by atoms with van der Waals surface area (Å²) in [6.07, 6.45) is 0.613. The molecular weight excluding hydrogens is 402 g/mol. The van der Waals surface area contributed by atoms with E-state index in [-0.39, 0.29) is 11.3 Å². The van der Waals surface area contributed by atoms with Gasteiger partial charge in [0.2, 0.25) is 5.78 Å². The van der Waals surface area contributed by atoms with Crippen LogP contribution in [-0.4, -0.2) is 28.2 Å². The molecule has 1 unspecified atom stereocenters. The van der Waals surface area contributed by atoms with E-state index >= 15 is 0 Å². The van der Waals surface area contributed by atoms with Crippen molar-refractivity contribution in [3.05, 3.63) is 106 Å². The number of rotatable bonds is 7. The number of ketones is 1. The average Bonchev–Trinajstić information content (AvgIpc) is 3.34. The van der Waals surface area contributed by atoms with Crippen LogP contribution >= 0.6 is 0 Å². The summed E-state index contributed by atoms with van der Waals surface area (Å²) >= 11 is 0. The van der Waals surface area contributed by atoms with Crippen molar-refractivity contribution in [2.45, 2.75) is 39.2 Å². The number of aryl methyl sites for hydroxylation is 1. The van der Waals surface area contributed by atoms with Gasteiger partial charge in [0.15, 0.2) is 11.5 Å². The summed E-state index contributed by atoms with van der Waals surface area (Å²) in [7, 11) is 0. The molecule has 4 rings (SSSR count). The second-order valence-corrected chi connectivity index (χ2v) is 8.46. The third kappa shape index (κ3) is 4.11. The van der Waals surface area contributed by atoms with Gasteiger partial charge in [-0.2, -0.15) is 0 Å². The van der Waals surface area contributed by atoms with Crippen LogP contribution < -0.4 is 0 Å². The standard InChI is InChI=1S/C27H27NO4/c1-17(2)20-10-12-21(13-11-20)24-23(25(29)22-14-9-18(3)32-22)26(30)27(31)28(24)16-15-19-7-5-4-6-8-19/h4-14,17,24,30H,15-16H2,1-3H3. The van der Waals surface area contributed by atoms with Gasteiger partial charge >= 0.3 is 0 Å². The first-order valence-corrected chi connectivity index (χ1v) is 10.9. The molecule has 2 aromatic carbocycles. The Morgan fingerprint density at radius 1 is 1.03 bits per heavy atom. The van der Waals surface area contributed by atoms with E-state index in [1.807, 2.05) is 54.6 Å². The summed E-state index contributed by atoms with van der Waals surface area (Å²) < 4.78 is 5.52. The highest BCUT2D eigenvalue weighted by Crippen LogP contribution is 2.39. The average molecular weight is 430 g/mol. The van der Waals surface area contributed by atoms with Crippen LogP contribution in [0, 0.1) is 6.92 Å². The predicted octanol–water partition coefficient (Wildman–Crippen LogP) is 5.53. The van der Waals surface area contributed by atoms with Crippen molar-refractivity contribution >= 4 is 11.7 Å². The number of hydrogen-bond donors (Lipinski definition) is 1. The molecule has 2 heterocycles. The fourth-order valence-electron chi connectivity index (χ4n) is 4.11. The molecule has 5 nitrogen and oxygen atoms in total. The van der Waals surface area contributed by atoms with Crippen molar-refractivity contribution < 1.29 is 19.1 Å². The Bertz CT molecular complexity index is 1160. The number of amides is 1. The van der Waals surface area contributed by atoms with Gasteiger partial charge in [-0.25, -0.2) is 0 Å². The molecule has 1 atom stereocenters. The first-order chi connectivity index (χ1) is 15.4. The fourth-order valence-corrected chi connectivity index (χ4v) is 4.11. The van der Waals surface area contributed by atoms with Crippen LogP contribution in [-0.2, 0) is 11.2 Å². The van der Waals surface area contributed by atoms with Crippen molar-refractivity contribution in [1.82, 2.24) is 4.90 Å². The van der Waals surface area contributed by atoms with Crippen molar-refractivity contribution in [3.8, 4) is 0 Å². The summed E-state index contributed by atoms with van der Waals surface area (Å²) in [4.78, 5) is 28.0. The van der Waals surface area contributed by atoms with E-state index in [0.29, 0.717) is 24.6 Å². The van der Waals surface area contributed by atoms with Crippen molar-refractivity contribution in [3.63, 3.8) is 0 Å². The van der Waals surface area contributed by atoms with Crippen LogP contribution in [0.2, 0.25) is 0 Å². The van der Waals surface area contributed by atoms with Gasteiger partial charge in [0.05, 0.1) is 11.6 Å². The zero-order valence-corrected chi connectivity index (χ0v) is 18.5. The Labute approximate surface area is 188 Å². The molecule has 0 spiro atoms. The molecule has 5 heteroatoms. The Morgan fingerprint density at radius 3 is 2.31 bits per heavy atom. The lowest BCUT2D eigenvalue weighted by molar-refractivity contribution is -0.129. The molecule has 0 aliphatic carbocycles. The van der Waals surface area contributed by atoms with E-state index in [0.717, 1.165) is 16.7 Å². The third-order valence-electron chi connectivity index (χ3n) is 5.92. The maximum Gasteiger partial charge on any atom is 0.290 e. The van der Waals surface area contributed by atoms with Gasteiger partial charge in [0.25, 0.3) is 5.91 Å². The summed E-state index contributed by atoms with van der Waals surface area (Å²) in [6, 6.07) is 20.3. The Morgan fingerprint density at radius 2 is 1.72 bits per heavy atom. The minimum Gasteiger partial charge on any atom is -0.503 e. The molecule has 1 N–H and O–H groups in total. The maximum absolute atomic E-state index is 13.3. The number of Topliss-reactive ketones (excluding diaryl/α,β-unsaturated/α-hetero) is 1. The molecule has 1 amide bonds. The maximum atomic E-state index is 13.3. The fraction of sp³-hybridized carbons (Fsp3) is 0.259. The van der Waals surface area contributed by atoms with Crippen molar-refractivity contribution in [1.29, 1.82) is 0 Å². The zero-order chi connectivity index (χ0) is 22.8. The smallest absolute Gasteiger partial charge is 0.290 e. The van der Waals surface area contributed by atoms with Crippen LogP contribution in [0.1, 0.15) is 58.8 Å².